The van der Waals surface area contributed by atoms with E-state index in [-0.39, 0.29) is 0 Å². The van der Waals surface area contributed by atoms with Crippen molar-refractivity contribution >= 4 is 56.9 Å². The number of rotatable bonds is 12. The van der Waals surface area contributed by atoms with Gasteiger partial charge >= 0.3 is 0 Å². The number of nitrogens with two attached hydrogens (primary N) is 1. The summed E-state index contributed by atoms with van der Waals surface area (Å²) in [6.07, 6.45) is 0. The lowest BCUT2D eigenvalue weighted by atomic mass is 9.86. The normalized spacial score (nSPS) is 10.9. The van der Waals surface area contributed by atoms with Gasteiger partial charge in [-0.2, -0.15) is 0 Å². The fraction of sp³-hybridized carbons (Fsp3) is 0. The quantitative estimate of drug-likeness (QED) is 0.125. The summed E-state index contributed by atoms with van der Waals surface area (Å²) in [5.74, 6) is 0. The molecule has 306 valence electrons. The summed E-state index contributed by atoms with van der Waals surface area (Å²) in [6.45, 7) is 0. The predicted octanol–water partition coefficient (Wildman–Crippen LogP) is 16.7. The highest BCUT2D eigenvalue weighted by Gasteiger charge is 2.21. The Morgan fingerprint density at radius 3 is 0.719 bits per heavy atom. The largest absolute Gasteiger partial charge is 0.398 e. The first-order valence-corrected chi connectivity index (χ1v) is 21.6. The van der Waals surface area contributed by atoms with Gasteiger partial charge in [0.2, 0.25) is 0 Å². The molecular weight excluding hydrogens is 777 g/mol. The first kappa shape index (κ1) is 39.5. The fourth-order valence-electron chi connectivity index (χ4n) is 8.62. The second-order valence-electron chi connectivity index (χ2n) is 15.6. The lowest BCUT2D eigenvalue weighted by Gasteiger charge is -2.27. The SMILES string of the molecule is Nc1ccc(-c2ccc(N(c3ccccc3)c3ccccc3)cc2)c(-c2ccc(N(c3ccccc3)c3ccccc3)cc2)c1-c1ccc(N(c2ccccc2)c2ccccc2)cc1. The van der Waals surface area contributed by atoms with Gasteiger partial charge in [-0.15, -0.1) is 0 Å². The average molecular weight is 823 g/mol. The van der Waals surface area contributed by atoms with Crippen LogP contribution in [0.4, 0.5) is 56.9 Å². The molecule has 4 heteroatoms. The minimum absolute atomic E-state index is 0.713. The number of hydrogen-bond acceptors (Lipinski definition) is 4. The lowest BCUT2D eigenvalue weighted by molar-refractivity contribution is 1.28. The molecule has 10 aromatic rings. The van der Waals surface area contributed by atoms with Gasteiger partial charge in [-0.3, -0.25) is 0 Å². The average Bonchev–Trinajstić information content (AvgIpc) is 3.37. The van der Waals surface area contributed by atoms with E-state index < -0.39 is 0 Å². The maximum Gasteiger partial charge on any atom is 0.0462 e. The summed E-state index contributed by atoms with van der Waals surface area (Å²) in [4.78, 5) is 6.86. The fourth-order valence-corrected chi connectivity index (χ4v) is 8.62. The highest BCUT2D eigenvalue weighted by atomic mass is 15.2. The third-order valence-electron chi connectivity index (χ3n) is 11.6. The molecule has 0 bridgehead atoms. The van der Waals surface area contributed by atoms with Crippen LogP contribution < -0.4 is 20.4 Å². The van der Waals surface area contributed by atoms with Gasteiger partial charge in [-0.1, -0.05) is 152 Å². The van der Waals surface area contributed by atoms with Crippen molar-refractivity contribution in [2.45, 2.75) is 0 Å². The molecule has 64 heavy (non-hydrogen) atoms. The summed E-state index contributed by atoms with van der Waals surface area (Å²) < 4.78 is 0. The minimum Gasteiger partial charge on any atom is -0.398 e. The van der Waals surface area contributed by atoms with Crippen LogP contribution >= 0.6 is 0 Å². The van der Waals surface area contributed by atoms with Crippen LogP contribution in [0.15, 0.2) is 267 Å². The van der Waals surface area contributed by atoms with Gasteiger partial charge in [0, 0.05) is 62.4 Å². The van der Waals surface area contributed by atoms with E-state index in [9.17, 15) is 0 Å². The van der Waals surface area contributed by atoms with E-state index in [0.717, 1.165) is 84.6 Å². The van der Waals surface area contributed by atoms with Crippen LogP contribution in [0.5, 0.6) is 0 Å². The number of anilines is 10. The zero-order chi connectivity index (χ0) is 43.1. The Morgan fingerprint density at radius 2 is 0.438 bits per heavy atom. The van der Waals surface area contributed by atoms with Gasteiger partial charge < -0.3 is 20.4 Å². The molecule has 0 unspecified atom stereocenters. The monoisotopic (exact) mass is 822 g/mol. The number of nitrogen functional groups attached to an aromatic ring is 1. The summed E-state index contributed by atoms with van der Waals surface area (Å²) in [6, 6.07) is 93.9. The summed E-state index contributed by atoms with van der Waals surface area (Å²) >= 11 is 0. The molecule has 10 rings (SSSR count). The van der Waals surface area contributed by atoms with Gasteiger partial charge in [-0.25, -0.2) is 0 Å². The third-order valence-corrected chi connectivity index (χ3v) is 11.6. The van der Waals surface area contributed by atoms with Crippen LogP contribution in [0.2, 0.25) is 0 Å². The van der Waals surface area contributed by atoms with Crippen LogP contribution in [-0.2, 0) is 0 Å². The molecule has 0 aliphatic heterocycles. The van der Waals surface area contributed by atoms with Gasteiger partial charge in [-0.05, 0) is 143 Å². The molecule has 0 amide bonds. The smallest absolute Gasteiger partial charge is 0.0462 e. The summed E-state index contributed by atoms with van der Waals surface area (Å²) in [5, 5.41) is 0. The molecule has 10 aromatic carbocycles. The Hall–Kier alpha value is -8.60. The van der Waals surface area contributed by atoms with Crippen molar-refractivity contribution in [2.24, 2.45) is 0 Å². The molecule has 0 fully saturated rings. The molecule has 0 saturated heterocycles. The number of nitrogens with zero attached hydrogens (tertiary/aromatic N) is 3. The number of hydrogen-bond donors (Lipinski definition) is 1. The highest BCUT2D eigenvalue weighted by Crippen LogP contribution is 2.46. The number of para-hydroxylation sites is 6. The topological polar surface area (TPSA) is 35.7 Å². The summed E-state index contributed by atoms with van der Waals surface area (Å²) in [7, 11) is 0. The van der Waals surface area contributed by atoms with Gasteiger partial charge in [0.25, 0.3) is 0 Å². The van der Waals surface area contributed by atoms with Gasteiger partial charge in [0.15, 0.2) is 0 Å². The van der Waals surface area contributed by atoms with Crippen molar-refractivity contribution in [1.29, 1.82) is 0 Å². The maximum absolute atomic E-state index is 7.12. The molecule has 2 N–H and O–H groups in total. The molecule has 0 radical (unpaired) electrons. The van der Waals surface area contributed by atoms with Crippen molar-refractivity contribution in [2.75, 3.05) is 20.4 Å². The summed E-state index contributed by atoms with van der Waals surface area (Å²) in [5.41, 5.74) is 23.9. The Kier molecular flexibility index (Phi) is 11.2. The molecule has 0 spiro atoms. The van der Waals surface area contributed by atoms with Crippen molar-refractivity contribution in [3.05, 3.63) is 267 Å². The highest BCUT2D eigenvalue weighted by molar-refractivity contribution is 6.00. The second-order valence-corrected chi connectivity index (χ2v) is 15.6. The maximum atomic E-state index is 7.12. The third kappa shape index (κ3) is 8.12. The molecule has 0 aliphatic carbocycles. The molecule has 0 aromatic heterocycles. The van der Waals surface area contributed by atoms with E-state index in [1.807, 2.05) is 0 Å². The van der Waals surface area contributed by atoms with Crippen LogP contribution in [0.25, 0.3) is 33.4 Å². The first-order chi connectivity index (χ1) is 31.7. The van der Waals surface area contributed by atoms with E-state index in [4.69, 9.17) is 5.73 Å². The molecule has 0 heterocycles. The van der Waals surface area contributed by atoms with Crippen LogP contribution in [-0.4, -0.2) is 0 Å². The Balaban J connectivity index is 1.11. The molecular formula is C60H46N4. The van der Waals surface area contributed by atoms with E-state index >= 15 is 0 Å². The Labute approximate surface area is 376 Å². The number of benzene rings is 10. The molecule has 0 aliphatic rings. The first-order valence-electron chi connectivity index (χ1n) is 21.6. The van der Waals surface area contributed by atoms with E-state index in [1.54, 1.807) is 0 Å². The zero-order valence-corrected chi connectivity index (χ0v) is 35.3. The molecule has 4 nitrogen and oxygen atoms in total. The van der Waals surface area contributed by atoms with Gasteiger partial charge in [0.1, 0.15) is 0 Å². The lowest BCUT2D eigenvalue weighted by Crippen LogP contribution is -2.09. The van der Waals surface area contributed by atoms with Gasteiger partial charge in [0.05, 0.1) is 0 Å². The second kappa shape index (κ2) is 18.2. The standard InChI is InChI=1S/C60H46N4/c61-58-44-43-57(45-31-37-54(38-32-45)62(48-19-7-1-8-20-48)49-21-9-2-10-22-49)59(46-33-39-55(40-34-46)63(50-23-11-3-12-24-50)51-25-13-4-14-26-51)60(58)47-35-41-56(42-36-47)64(52-27-15-5-16-28-52)53-29-17-6-18-30-53/h1-44H,61H2. The van der Waals surface area contributed by atoms with Crippen LogP contribution in [0.3, 0.4) is 0 Å². The predicted molar refractivity (Wildman–Crippen MR) is 271 cm³/mol. The van der Waals surface area contributed by atoms with Crippen molar-refractivity contribution in [3.63, 3.8) is 0 Å². The van der Waals surface area contributed by atoms with Crippen molar-refractivity contribution in [3.8, 4) is 33.4 Å². The molecule has 0 atom stereocenters. The van der Waals surface area contributed by atoms with Crippen molar-refractivity contribution in [1.82, 2.24) is 0 Å². The van der Waals surface area contributed by atoms with E-state index in [0.29, 0.717) is 5.69 Å². The van der Waals surface area contributed by atoms with Crippen LogP contribution in [0, 0.1) is 0 Å². The molecule has 0 saturated carbocycles. The Bertz CT molecular complexity index is 2930. The van der Waals surface area contributed by atoms with Crippen LogP contribution in [0.1, 0.15) is 0 Å². The van der Waals surface area contributed by atoms with E-state index in [1.165, 1.54) is 0 Å². The Morgan fingerprint density at radius 1 is 0.203 bits per heavy atom. The van der Waals surface area contributed by atoms with E-state index in [2.05, 4.69) is 282 Å². The van der Waals surface area contributed by atoms with Crippen molar-refractivity contribution < 1.29 is 0 Å². The zero-order valence-electron chi connectivity index (χ0n) is 35.3. The minimum atomic E-state index is 0.713.